The second-order valence-electron chi connectivity index (χ2n) is 4.04. The minimum absolute atomic E-state index is 0.231. The summed E-state index contributed by atoms with van der Waals surface area (Å²) in [7, 11) is 2.74. The van der Waals surface area contributed by atoms with E-state index < -0.39 is 0 Å². The molecule has 0 amide bonds. The van der Waals surface area contributed by atoms with Gasteiger partial charge in [0.15, 0.2) is 0 Å². The molecule has 0 radical (unpaired) electrons. The van der Waals surface area contributed by atoms with E-state index in [0.29, 0.717) is 12.8 Å². The minimum Gasteiger partial charge on any atom is -0.469 e. The summed E-state index contributed by atoms with van der Waals surface area (Å²) < 4.78 is 9.29. The van der Waals surface area contributed by atoms with Crippen molar-refractivity contribution in [1.82, 2.24) is 0 Å². The number of benzene rings is 1. The Labute approximate surface area is 107 Å². The molecule has 0 saturated carbocycles. The molecule has 0 spiro atoms. The summed E-state index contributed by atoms with van der Waals surface area (Å²) in [4.78, 5) is 22.5. The zero-order valence-electron chi connectivity index (χ0n) is 11.0. The highest BCUT2D eigenvalue weighted by molar-refractivity contribution is 5.73. The highest BCUT2D eigenvalue weighted by Crippen LogP contribution is 2.17. The average Bonchev–Trinajstić information content (AvgIpc) is 2.37. The molecule has 0 aliphatic carbocycles. The Morgan fingerprint density at radius 1 is 1.11 bits per heavy atom. The molecule has 4 heteroatoms. The maximum atomic E-state index is 11.3. The predicted molar refractivity (Wildman–Crippen MR) is 67.2 cm³/mol. The number of carbonyl (C=O) groups is 2. The van der Waals surface area contributed by atoms with Crippen LogP contribution in [0.4, 0.5) is 0 Å². The van der Waals surface area contributed by atoms with Gasteiger partial charge >= 0.3 is 11.9 Å². The molecule has 0 N–H and O–H groups in total. The SMILES string of the molecule is COC(=O)CCc1c(C)cccc1CC(=O)OC. The summed E-state index contributed by atoms with van der Waals surface area (Å²) in [6.45, 7) is 1.97. The van der Waals surface area contributed by atoms with Gasteiger partial charge in [0.2, 0.25) is 0 Å². The first-order valence-corrected chi connectivity index (χ1v) is 5.79. The summed E-state index contributed by atoms with van der Waals surface area (Å²) >= 11 is 0. The molecular weight excluding hydrogens is 232 g/mol. The number of esters is 2. The van der Waals surface area contributed by atoms with Crippen molar-refractivity contribution in [3.8, 4) is 0 Å². The van der Waals surface area contributed by atoms with Gasteiger partial charge in [0.05, 0.1) is 20.6 Å². The van der Waals surface area contributed by atoms with Crippen molar-refractivity contribution in [2.75, 3.05) is 14.2 Å². The van der Waals surface area contributed by atoms with Crippen LogP contribution in [0.15, 0.2) is 18.2 Å². The molecule has 0 aliphatic heterocycles. The summed E-state index contributed by atoms with van der Waals surface area (Å²) in [5, 5.41) is 0. The third-order valence-corrected chi connectivity index (χ3v) is 2.88. The Kier molecular flexibility index (Phi) is 5.36. The minimum atomic E-state index is -0.278. The van der Waals surface area contributed by atoms with Crippen LogP contribution in [-0.4, -0.2) is 26.2 Å². The molecule has 0 aromatic heterocycles. The molecule has 0 atom stereocenters. The second-order valence-corrected chi connectivity index (χ2v) is 4.04. The fourth-order valence-electron chi connectivity index (χ4n) is 1.84. The first-order chi connectivity index (χ1) is 8.58. The van der Waals surface area contributed by atoms with Gasteiger partial charge in [-0.15, -0.1) is 0 Å². The van der Waals surface area contributed by atoms with E-state index in [4.69, 9.17) is 0 Å². The van der Waals surface area contributed by atoms with E-state index in [1.807, 2.05) is 25.1 Å². The predicted octanol–water partition coefficient (Wildman–Crippen LogP) is 1.82. The Hall–Kier alpha value is -1.84. The lowest BCUT2D eigenvalue weighted by Crippen LogP contribution is -2.09. The Morgan fingerprint density at radius 2 is 1.78 bits per heavy atom. The van der Waals surface area contributed by atoms with Crippen LogP contribution in [0.25, 0.3) is 0 Å². The van der Waals surface area contributed by atoms with Crippen molar-refractivity contribution in [3.05, 3.63) is 34.9 Å². The van der Waals surface area contributed by atoms with Crippen LogP contribution >= 0.6 is 0 Å². The van der Waals surface area contributed by atoms with Crippen molar-refractivity contribution in [2.24, 2.45) is 0 Å². The maximum absolute atomic E-state index is 11.3. The summed E-state index contributed by atoms with van der Waals surface area (Å²) in [6, 6.07) is 5.75. The van der Waals surface area contributed by atoms with Crippen LogP contribution in [0.2, 0.25) is 0 Å². The van der Waals surface area contributed by atoms with E-state index in [0.717, 1.165) is 16.7 Å². The Morgan fingerprint density at radius 3 is 2.39 bits per heavy atom. The topological polar surface area (TPSA) is 52.6 Å². The first kappa shape index (κ1) is 14.2. The van der Waals surface area contributed by atoms with E-state index in [9.17, 15) is 9.59 Å². The van der Waals surface area contributed by atoms with Gasteiger partial charge in [-0.25, -0.2) is 0 Å². The lowest BCUT2D eigenvalue weighted by Gasteiger charge is -2.11. The molecule has 4 nitrogen and oxygen atoms in total. The molecule has 1 aromatic rings. The summed E-state index contributed by atoms with van der Waals surface area (Å²) in [6.07, 6.45) is 1.12. The normalized spacial score (nSPS) is 9.94. The first-order valence-electron chi connectivity index (χ1n) is 5.79. The zero-order chi connectivity index (χ0) is 13.5. The molecule has 18 heavy (non-hydrogen) atoms. The fourth-order valence-corrected chi connectivity index (χ4v) is 1.84. The zero-order valence-corrected chi connectivity index (χ0v) is 11.0. The third kappa shape index (κ3) is 3.87. The fraction of sp³-hybridized carbons (Fsp3) is 0.429. The molecule has 0 fully saturated rings. The molecule has 1 aromatic carbocycles. The smallest absolute Gasteiger partial charge is 0.309 e. The second kappa shape index (κ2) is 6.79. The number of rotatable bonds is 5. The standard InChI is InChI=1S/C14H18O4/c1-10-5-4-6-11(9-14(16)18-3)12(10)7-8-13(15)17-2/h4-6H,7-9H2,1-3H3. The quantitative estimate of drug-likeness (QED) is 0.748. The van der Waals surface area contributed by atoms with Crippen LogP contribution in [0.3, 0.4) is 0 Å². The van der Waals surface area contributed by atoms with Crippen LogP contribution in [0.5, 0.6) is 0 Å². The molecular formula is C14H18O4. The van der Waals surface area contributed by atoms with Gasteiger partial charge in [-0.3, -0.25) is 9.59 Å². The number of hydrogen-bond acceptors (Lipinski definition) is 4. The summed E-state index contributed by atoms with van der Waals surface area (Å²) in [5.41, 5.74) is 3.00. The highest BCUT2D eigenvalue weighted by Gasteiger charge is 2.11. The Bertz CT molecular complexity index is 437. The maximum Gasteiger partial charge on any atom is 0.309 e. The van der Waals surface area contributed by atoms with E-state index in [2.05, 4.69) is 9.47 Å². The van der Waals surface area contributed by atoms with Gasteiger partial charge in [0.25, 0.3) is 0 Å². The third-order valence-electron chi connectivity index (χ3n) is 2.88. The highest BCUT2D eigenvalue weighted by atomic mass is 16.5. The van der Waals surface area contributed by atoms with E-state index >= 15 is 0 Å². The van der Waals surface area contributed by atoms with Gasteiger partial charge < -0.3 is 9.47 Å². The average molecular weight is 250 g/mol. The monoisotopic (exact) mass is 250 g/mol. The van der Waals surface area contributed by atoms with Crippen LogP contribution in [-0.2, 0) is 31.9 Å². The largest absolute Gasteiger partial charge is 0.469 e. The van der Waals surface area contributed by atoms with Crippen molar-refractivity contribution in [3.63, 3.8) is 0 Å². The molecule has 1 rings (SSSR count). The van der Waals surface area contributed by atoms with Crippen LogP contribution in [0, 0.1) is 6.92 Å². The van der Waals surface area contributed by atoms with Gasteiger partial charge in [-0.2, -0.15) is 0 Å². The Balaban J connectivity index is 2.86. The number of ether oxygens (including phenoxy) is 2. The van der Waals surface area contributed by atoms with Crippen LogP contribution in [0.1, 0.15) is 23.1 Å². The number of hydrogen-bond donors (Lipinski definition) is 0. The van der Waals surface area contributed by atoms with Gasteiger partial charge in [0.1, 0.15) is 0 Å². The molecule has 0 bridgehead atoms. The van der Waals surface area contributed by atoms with Crippen molar-refractivity contribution >= 4 is 11.9 Å². The lowest BCUT2D eigenvalue weighted by atomic mass is 9.96. The van der Waals surface area contributed by atoms with E-state index in [1.165, 1.54) is 14.2 Å². The number of methoxy groups -OCH3 is 2. The molecule has 0 saturated heterocycles. The van der Waals surface area contributed by atoms with Crippen molar-refractivity contribution < 1.29 is 19.1 Å². The van der Waals surface area contributed by atoms with Gasteiger partial charge in [0, 0.05) is 6.42 Å². The van der Waals surface area contributed by atoms with Crippen molar-refractivity contribution in [2.45, 2.75) is 26.2 Å². The van der Waals surface area contributed by atoms with Crippen LogP contribution < -0.4 is 0 Å². The van der Waals surface area contributed by atoms with E-state index in [1.54, 1.807) is 0 Å². The molecule has 0 heterocycles. The van der Waals surface area contributed by atoms with E-state index in [-0.39, 0.29) is 18.4 Å². The number of carbonyl (C=O) groups excluding carboxylic acids is 2. The van der Waals surface area contributed by atoms with Crippen molar-refractivity contribution in [1.29, 1.82) is 0 Å². The summed E-state index contributed by atoms with van der Waals surface area (Å²) in [5.74, 6) is -0.526. The molecule has 98 valence electrons. The van der Waals surface area contributed by atoms with Gasteiger partial charge in [-0.1, -0.05) is 18.2 Å². The molecule has 0 unspecified atom stereocenters. The number of aryl methyl sites for hydroxylation is 1. The lowest BCUT2D eigenvalue weighted by molar-refractivity contribution is -0.140. The molecule has 0 aliphatic rings. The van der Waals surface area contributed by atoms with Gasteiger partial charge in [-0.05, 0) is 30.0 Å².